The van der Waals surface area contributed by atoms with Crippen molar-refractivity contribution in [2.75, 3.05) is 44.9 Å². The molecule has 12 heteroatoms. The lowest BCUT2D eigenvalue weighted by molar-refractivity contribution is 0.0784. The number of aromatic nitrogens is 3. The van der Waals surface area contributed by atoms with Crippen LogP contribution in [0.4, 0.5) is 4.39 Å². The third kappa shape index (κ3) is 4.54. The fourth-order valence-corrected chi connectivity index (χ4v) is 7.44. The highest BCUT2D eigenvalue weighted by molar-refractivity contribution is 7.91. The first kappa shape index (κ1) is 24.6. The minimum Gasteiger partial charge on any atom is -0.488 e. The van der Waals surface area contributed by atoms with Crippen LogP contribution in [0.1, 0.15) is 10.4 Å². The Morgan fingerprint density at radius 2 is 1.87 bits per heavy atom. The molecule has 2 aromatic carbocycles. The van der Waals surface area contributed by atoms with Crippen LogP contribution in [0.25, 0.3) is 33.6 Å². The maximum atomic E-state index is 14.6. The molecule has 4 heterocycles. The highest BCUT2D eigenvalue weighted by Gasteiger charge is 2.45. The molecular formula is C26H25FN4O6S. The van der Waals surface area contributed by atoms with E-state index in [4.69, 9.17) is 14.0 Å². The fraction of sp³-hybridized carbons (Fsp3) is 0.346. The smallest absolute Gasteiger partial charge is 0.253 e. The highest BCUT2D eigenvalue weighted by atomic mass is 32.2. The summed E-state index contributed by atoms with van der Waals surface area (Å²) < 4.78 is 54.1. The number of carbonyl (C=O) groups excluding carboxylic acids is 1. The normalized spacial score (nSPS) is 20.2. The van der Waals surface area contributed by atoms with Gasteiger partial charge >= 0.3 is 0 Å². The predicted molar refractivity (Wildman–Crippen MR) is 136 cm³/mol. The van der Waals surface area contributed by atoms with Crippen molar-refractivity contribution in [3.63, 3.8) is 0 Å². The minimum atomic E-state index is -2.98. The standard InChI is InChI=1S/C26H25FN4O6S/c1-35-6-7-36-23-10-22-19(8-20(23)27)25(29-28-22)24-9-21(30-37-24)15-2-4-16(5-3-15)26(32)31-11-17-13-38(33,34)14-18(17)12-31/h2-5,8-10,17-18H,6-7,11-14H2,1H3,(H,28,29)/t17-,18+. The number of nitrogens with one attached hydrogen (secondary N) is 1. The lowest BCUT2D eigenvalue weighted by atomic mass is 10.0. The summed E-state index contributed by atoms with van der Waals surface area (Å²) in [4.78, 5) is 14.7. The maximum absolute atomic E-state index is 14.6. The molecule has 10 nitrogen and oxygen atoms in total. The number of sulfone groups is 1. The second-order valence-electron chi connectivity index (χ2n) is 9.70. The van der Waals surface area contributed by atoms with E-state index in [9.17, 15) is 17.6 Å². The monoisotopic (exact) mass is 540 g/mol. The van der Waals surface area contributed by atoms with Crippen molar-refractivity contribution >= 4 is 26.6 Å². The molecule has 2 atom stereocenters. The van der Waals surface area contributed by atoms with Crippen LogP contribution in [-0.2, 0) is 14.6 Å². The number of H-pyrrole nitrogens is 1. The molecule has 2 saturated heterocycles. The molecule has 0 aliphatic carbocycles. The summed E-state index contributed by atoms with van der Waals surface area (Å²) in [5.41, 5.74) is 2.79. The molecule has 38 heavy (non-hydrogen) atoms. The second-order valence-corrected chi connectivity index (χ2v) is 11.9. The molecule has 0 bridgehead atoms. The average Bonchev–Trinajstić information content (AvgIpc) is 3.66. The van der Waals surface area contributed by atoms with Gasteiger partial charge in [-0.3, -0.25) is 9.89 Å². The van der Waals surface area contributed by atoms with Crippen LogP contribution in [0.15, 0.2) is 47.0 Å². The first-order valence-electron chi connectivity index (χ1n) is 12.2. The minimum absolute atomic E-state index is 0.0261. The van der Waals surface area contributed by atoms with Crippen molar-refractivity contribution in [3.8, 4) is 28.5 Å². The van der Waals surface area contributed by atoms with E-state index in [1.54, 1.807) is 42.3 Å². The lowest BCUT2D eigenvalue weighted by Crippen LogP contribution is -2.31. The topological polar surface area (TPSA) is 128 Å². The summed E-state index contributed by atoms with van der Waals surface area (Å²) in [6, 6.07) is 11.6. The molecule has 0 spiro atoms. The van der Waals surface area contributed by atoms with E-state index in [0.717, 1.165) is 5.56 Å². The summed E-state index contributed by atoms with van der Waals surface area (Å²) >= 11 is 0. The van der Waals surface area contributed by atoms with Crippen molar-refractivity contribution in [2.24, 2.45) is 11.8 Å². The number of fused-ring (bicyclic) bond motifs is 2. The van der Waals surface area contributed by atoms with Crippen LogP contribution in [-0.4, -0.2) is 79.5 Å². The van der Waals surface area contributed by atoms with Gasteiger partial charge in [-0.15, -0.1) is 0 Å². The van der Waals surface area contributed by atoms with E-state index in [-0.39, 0.29) is 41.6 Å². The number of rotatable bonds is 7. The van der Waals surface area contributed by atoms with Crippen molar-refractivity contribution < 1.29 is 31.6 Å². The van der Waals surface area contributed by atoms with Gasteiger partial charge in [-0.1, -0.05) is 17.3 Å². The van der Waals surface area contributed by atoms with E-state index in [1.165, 1.54) is 12.1 Å². The van der Waals surface area contributed by atoms with Gasteiger partial charge in [0.2, 0.25) is 0 Å². The average molecular weight is 541 g/mol. The molecule has 2 aromatic heterocycles. The van der Waals surface area contributed by atoms with E-state index in [2.05, 4.69) is 15.4 Å². The fourth-order valence-electron chi connectivity index (χ4n) is 5.24. The van der Waals surface area contributed by atoms with E-state index in [0.29, 0.717) is 53.3 Å². The number of ether oxygens (including phenoxy) is 2. The Balaban J connectivity index is 1.17. The van der Waals surface area contributed by atoms with Crippen LogP contribution in [0.5, 0.6) is 5.75 Å². The number of likely N-dealkylation sites (tertiary alicyclic amines) is 1. The Labute approximate surface area is 217 Å². The molecule has 4 aromatic rings. The van der Waals surface area contributed by atoms with Crippen LogP contribution in [0.2, 0.25) is 0 Å². The lowest BCUT2D eigenvalue weighted by Gasteiger charge is -2.17. The van der Waals surface area contributed by atoms with Crippen molar-refractivity contribution in [1.82, 2.24) is 20.3 Å². The molecule has 0 unspecified atom stereocenters. The number of aromatic amines is 1. The predicted octanol–water partition coefficient (Wildman–Crippen LogP) is 3.17. The molecule has 1 amide bonds. The molecule has 0 radical (unpaired) electrons. The number of hydrogen-bond acceptors (Lipinski definition) is 8. The molecular weight excluding hydrogens is 515 g/mol. The van der Waals surface area contributed by atoms with E-state index < -0.39 is 15.7 Å². The number of hydrogen-bond donors (Lipinski definition) is 1. The first-order chi connectivity index (χ1) is 18.3. The SMILES string of the molecule is COCCOc1cc2[nH]nc(-c3cc(-c4ccc(C(=O)N5C[C@@H]6CS(=O)(=O)C[C@@H]6C5)cc4)no3)c2cc1F. The number of carbonyl (C=O) groups is 1. The van der Waals surface area contributed by atoms with Gasteiger partial charge in [-0.2, -0.15) is 5.10 Å². The summed E-state index contributed by atoms with van der Waals surface area (Å²) in [6.07, 6.45) is 0. The maximum Gasteiger partial charge on any atom is 0.253 e. The van der Waals surface area contributed by atoms with Crippen molar-refractivity contribution in [1.29, 1.82) is 0 Å². The molecule has 2 aliphatic rings. The Bertz CT molecular complexity index is 1590. The molecule has 2 aliphatic heterocycles. The zero-order valence-corrected chi connectivity index (χ0v) is 21.3. The van der Waals surface area contributed by atoms with Crippen LogP contribution >= 0.6 is 0 Å². The number of amides is 1. The third-order valence-electron chi connectivity index (χ3n) is 7.13. The van der Waals surface area contributed by atoms with Crippen molar-refractivity contribution in [2.45, 2.75) is 0 Å². The van der Waals surface area contributed by atoms with Crippen molar-refractivity contribution in [3.05, 3.63) is 53.8 Å². The summed E-state index contributed by atoms with van der Waals surface area (Å²) in [5.74, 6) is 0.194. The van der Waals surface area contributed by atoms with Gasteiger partial charge in [-0.05, 0) is 30.0 Å². The Kier molecular flexibility index (Phi) is 6.15. The summed E-state index contributed by atoms with van der Waals surface area (Å²) in [7, 11) is -1.44. The van der Waals surface area contributed by atoms with Gasteiger partial charge in [-0.25, -0.2) is 12.8 Å². The number of nitrogens with zero attached hydrogens (tertiary/aromatic N) is 3. The number of halogens is 1. The van der Waals surface area contributed by atoms with E-state index >= 15 is 0 Å². The van der Waals surface area contributed by atoms with Crippen LogP contribution < -0.4 is 4.74 Å². The van der Waals surface area contributed by atoms with Gasteiger partial charge in [0, 0.05) is 48.8 Å². The second kappa shape index (κ2) is 9.52. The van der Waals surface area contributed by atoms with Gasteiger partial charge in [0.05, 0.1) is 23.6 Å². The summed E-state index contributed by atoms with van der Waals surface area (Å²) in [5, 5.41) is 11.8. The molecule has 6 rings (SSSR count). The Morgan fingerprint density at radius 3 is 2.58 bits per heavy atom. The zero-order valence-electron chi connectivity index (χ0n) is 20.5. The Hall–Kier alpha value is -3.77. The molecule has 2 fully saturated rings. The number of benzene rings is 2. The highest BCUT2D eigenvalue weighted by Crippen LogP contribution is 2.35. The van der Waals surface area contributed by atoms with Gasteiger partial charge in [0.1, 0.15) is 18.0 Å². The van der Waals surface area contributed by atoms with Crippen LogP contribution in [0.3, 0.4) is 0 Å². The number of methoxy groups -OCH3 is 1. The van der Waals surface area contributed by atoms with E-state index in [1.807, 2.05) is 0 Å². The zero-order chi connectivity index (χ0) is 26.4. The molecule has 0 saturated carbocycles. The summed E-state index contributed by atoms with van der Waals surface area (Å²) in [6.45, 7) is 1.50. The molecule has 198 valence electrons. The molecule has 1 N–H and O–H groups in total. The quantitative estimate of drug-likeness (QED) is 0.354. The third-order valence-corrected chi connectivity index (χ3v) is 9.00. The Morgan fingerprint density at radius 1 is 1.13 bits per heavy atom. The largest absolute Gasteiger partial charge is 0.488 e. The van der Waals surface area contributed by atoms with Gasteiger partial charge in [0.15, 0.2) is 27.2 Å². The van der Waals surface area contributed by atoms with Gasteiger partial charge < -0.3 is 18.9 Å². The van der Waals surface area contributed by atoms with Crippen LogP contribution in [0, 0.1) is 17.7 Å². The van der Waals surface area contributed by atoms with Gasteiger partial charge in [0.25, 0.3) is 5.91 Å². The first-order valence-corrected chi connectivity index (χ1v) is 14.0.